The van der Waals surface area contributed by atoms with Gasteiger partial charge in [-0.1, -0.05) is 0 Å². The van der Waals surface area contributed by atoms with Crippen LogP contribution in [0.1, 0.15) is 37.6 Å². The highest BCUT2D eigenvalue weighted by Gasteiger charge is 2.28. The summed E-state index contributed by atoms with van der Waals surface area (Å²) >= 11 is 1.28. The number of hydrogen-bond donors (Lipinski definition) is 1. The topological polar surface area (TPSA) is 81.7 Å². The number of aryl methyl sites for hydroxylation is 1. The van der Waals surface area contributed by atoms with E-state index in [0.717, 1.165) is 41.8 Å². The average Bonchev–Trinajstić information content (AvgIpc) is 3.19. The fourth-order valence-electron chi connectivity index (χ4n) is 2.84. The summed E-state index contributed by atoms with van der Waals surface area (Å²) < 4.78 is 36.0. The van der Waals surface area contributed by atoms with Crippen molar-refractivity contribution in [2.45, 2.75) is 19.3 Å². The minimum Gasteiger partial charge on any atom is -0.465 e. The number of esters is 2. The molecule has 0 fully saturated rings. The van der Waals surface area contributed by atoms with Crippen LogP contribution in [0, 0.1) is 11.6 Å². The predicted octanol–water partition coefficient (Wildman–Crippen LogP) is 3.10. The van der Waals surface area contributed by atoms with Gasteiger partial charge in [0.25, 0.3) is 5.91 Å². The lowest BCUT2D eigenvalue weighted by molar-refractivity contribution is -0.119. The van der Waals surface area contributed by atoms with Crippen LogP contribution in [-0.4, -0.2) is 31.6 Å². The molecule has 1 N–H and O–H groups in total. The fraction of sp³-hybridized carbons (Fsp3) is 0.278. The zero-order valence-electron chi connectivity index (χ0n) is 14.3. The highest BCUT2D eigenvalue weighted by Crippen LogP contribution is 2.39. The monoisotopic (exact) mass is 395 g/mol. The number of thiophene rings is 1. The van der Waals surface area contributed by atoms with E-state index < -0.39 is 41.7 Å². The molecule has 0 saturated heterocycles. The van der Waals surface area contributed by atoms with Crippen molar-refractivity contribution in [1.29, 1.82) is 0 Å². The molecule has 1 aromatic heterocycles. The van der Waals surface area contributed by atoms with Crippen molar-refractivity contribution in [2.24, 2.45) is 0 Å². The van der Waals surface area contributed by atoms with E-state index in [9.17, 15) is 23.2 Å². The van der Waals surface area contributed by atoms with Gasteiger partial charge in [0, 0.05) is 10.9 Å². The molecule has 142 valence electrons. The molecule has 1 aliphatic carbocycles. The van der Waals surface area contributed by atoms with Crippen LogP contribution in [-0.2, 0) is 27.1 Å². The van der Waals surface area contributed by atoms with Crippen LogP contribution >= 0.6 is 11.3 Å². The number of nitrogens with one attached hydrogen (secondary N) is 1. The van der Waals surface area contributed by atoms with E-state index >= 15 is 0 Å². The van der Waals surface area contributed by atoms with Crippen LogP contribution in [0.25, 0.3) is 0 Å². The van der Waals surface area contributed by atoms with Gasteiger partial charge < -0.3 is 14.8 Å². The summed E-state index contributed by atoms with van der Waals surface area (Å²) in [7, 11) is 1.26. The van der Waals surface area contributed by atoms with Crippen molar-refractivity contribution in [3.63, 3.8) is 0 Å². The number of ether oxygens (including phenoxy) is 2. The zero-order valence-corrected chi connectivity index (χ0v) is 15.1. The molecule has 2 aromatic rings. The third-order valence-electron chi connectivity index (χ3n) is 4.05. The second-order valence-corrected chi connectivity index (χ2v) is 6.91. The van der Waals surface area contributed by atoms with Gasteiger partial charge in [-0.05, 0) is 37.0 Å². The summed E-state index contributed by atoms with van der Waals surface area (Å²) in [4.78, 5) is 37.0. The minimum absolute atomic E-state index is 0.319. The second-order valence-electron chi connectivity index (χ2n) is 5.80. The summed E-state index contributed by atoms with van der Waals surface area (Å²) in [6.07, 6.45) is 2.48. The van der Waals surface area contributed by atoms with Gasteiger partial charge >= 0.3 is 11.9 Å². The maximum Gasteiger partial charge on any atom is 0.341 e. The van der Waals surface area contributed by atoms with Crippen molar-refractivity contribution in [3.05, 3.63) is 51.4 Å². The predicted molar refractivity (Wildman–Crippen MR) is 93.0 cm³/mol. The average molecular weight is 395 g/mol. The second kappa shape index (κ2) is 7.83. The molecule has 0 bridgehead atoms. The van der Waals surface area contributed by atoms with E-state index in [0.29, 0.717) is 16.6 Å². The lowest BCUT2D eigenvalue weighted by Gasteiger charge is -2.08. The van der Waals surface area contributed by atoms with Gasteiger partial charge in [-0.2, -0.15) is 0 Å². The molecular formula is C18H15F2NO5S. The first-order valence-electron chi connectivity index (χ1n) is 8.05. The summed E-state index contributed by atoms with van der Waals surface area (Å²) in [6.45, 7) is -0.682. The highest BCUT2D eigenvalue weighted by molar-refractivity contribution is 7.17. The van der Waals surface area contributed by atoms with Crippen LogP contribution < -0.4 is 5.32 Å². The van der Waals surface area contributed by atoms with Crippen molar-refractivity contribution < 1.29 is 32.6 Å². The third-order valence-corrected chi connectivity index (χ3v) is 5.26. The molecule has 3 rings (SSSR count). The first kappa shape index (κ1) is 19.0. The van der Waals surface area contributed by atoms with Crippen molar-refractivity contribution in [2.75, 3.05) is 19.0 Å². The Labute approximate surface area is 157 Å². The molecule has 1 aromatic carbocycles. The number of carbonyl (C=O) groups is 3. The van der Waals surface area contributed by atoms with Gasteiger partial charge in [0.1, 0.15) is 16.6 Å². The van der Waals surface area contributed by atoms with Crippen molar-refractivity contribution in [3.8, 4) is 0 Å². The number of carbonyl (C=O) groups excluding carboxylic acids is 3. The number of hydrogen-bond acceptors (Lipinski definition) is 6. The van der Waals surface area contributed by atoms with Crippen LogP contribution in [0.15, 0.2) is 18.2 Å². The van der Waals surface area contributed by atoms with E-state index in [4.69, 9.17) is 9.47 Å². The normalized spacial score (nSPS) is 12.4. The SMILES string of the molecule is COC(=O)c1c(NC(=O)COC(=O)c2ccc(F)cc2F)sc2c1CCC2. The van der Waals surface area contributed by atoms with Crippen molar-refractivity contribution in [1.82, 2.24) is 0 Å². The molecule has 6 nitrogen and oxygen atoms in total. The van der Waals surface area contributed by atoms with Gasteiger partial charge in [-0.25, -0.2) is 18.4 Å². The van der Waals surface area contributed by atoms with Crippen LogP contribution in [0.3, 0.4) is 0 Å². The lowest BCUT2D eigenvalue weighted by atomic mass is 10.1. The Kier molecular flexibility index (Phi) is 5.50. The summed E-state index contributed by atoms with van der Waals surface area (Å²) in [5, 5.41) is 2.87. The Morgan fingerprint density at radius 1 is 1.19 bits per heavy atom. The fourth-order valence-corrected chi connectivity index (χ4v) is 4.13. The molecule has 9 heteroatoms. The molecule has 1 heterocycles. The molecule has 0 unspecified atom stereocenters. The molecular weight excluding hydrogens is 380 g/mol. The summed E-state index contributed by atoms with van der Waals surface area (Å²) in [5.41, 5.74) is 0.710. The maximum atomic E-state index is 13.6. The Morgan fingerprint density at radius 2 is 1.96 bits per heavy atom. The molecule has 0 aliphatic heterocycles. The smallest absolute Gasteiger partial charge is 0.341 e. The Morgan fingerprint density at radius 3 is 2.67 bits per heavy atom. The lowest BCUT2D eigenvalue weighted by Crippen LogP contribution is -2.22. The van der Waals surface area contributed by atoms with Gasteiger partial charge in [0.2, 0.25) is 0 Å². The van der Waals surface area contributed by atoms with Gasteiger partial charge in [-0.15, -0.1) is 11.3 Å². The molecule has 0 radical (unpaired) electrons. The van der Waals surface area contributed by atoms with E-state index in [1.165, 1.54) is 18.4 Å². The number of methoxy groups -OCH3 is 1. The Hall–Kier alpha value is -2.81. The minimum atomic E-state index is -1.09. The maximum absolute atomic E-state index is 13.6. The zero-order chi connectivity index (χ0) is 19.6. The van der Waals surface area contributed by atoms with E-state index in [2.05, 4.69) is 5.32 Å². The Balaban J connectivity index is 1.66. The van der Waals surface area contributed by atoms with Crippen LogP contribution in [0.2, 0.25) is 0 Å². The first-order valence-corrected chi connectivity index (χ1v) is 8.87. The number of amides is 1. The number of rotatable bonds is 5. The molecule has 27 heavy (non-hydrogen) atoms. The Bertz CT molecular complexity index is 925. The molecule has 0 spiro atoms. The number of benzene rings is 1. The number of anilines is 1. The molecule has 1 amide bonds. The molecule has 0 atom stereocenters. The van der Waals surface area contributed by atoms with E-state index in [-0.39, 0.29) is 0 Å². The van der Waals surface area contributed by atoms with Gasteiger partial charge in [-0.3, -0.25) is 4.79 Å². The standard InChI is InChI=1S/C18H15F2NO5S/c1-25-18(24)15-11-3-2-4-13(11)27-16(15)21-14(22)8-26-17(23)10-6-5-9(19)7-12(10)20/h5-7H,2-4,8H2,1H3,(H,21,22). The number of fused-ring (bicyclic) bond motifs is 1. The van der Waals surface area contributed by atoms with E-state index in [1.54, 1.807) is 0 Å². The summed E-state index contributed by atoms with van der Waals surface area (Å²) in [6, 6.07) is 2.39. The first-order chi connectivity index (χ1) is 12.9. The highest BCUT2D eigenvalue weighted by atomic mass is 32.1. The molecule has 1 aliphatic rings. The third kappa shape index (κ3) is 3.97. The quantitative estimate of drug-likeness (QED) is 0.787. The van der Waals surface area contributed by atoms with Crippen LogP contribution in [0.4, 0.5) is 13.8 Å². The number of halogens is 2. The summed E-state index contributed by atoms with van der Waals surface area (Å²) in [5.74, 6) is -4.23. The van der Waals surface area contributed by atoms with Crippen molar-refractivity contribution >= 4 is 34.2 Å². The van der Waals surface area contributed by atoms with Gasteiger partial charge in [0.15, 0.2) is 6.61 Å². The van der Waals surface area contributed by atoms with Crippen LogP contribution in [0.5, 0.6) is 0 Å². The largest absolute Gasteiger partial charge is 0.465 e. The molecule has 0 saturated carbocycles. The van der Waals surface area contributed by atoms with E-state index in [1.807, 2.05) is 0 Å². The van der Waals surface area contributed by atoms with Gasteiger partial charge in [0.05, 0.1) is 18.2 Å².